The summed E-state index contributed by atoms with van der Waals surface area (Å²) in [7, 11) is 0. The predicted octanol–water partition coefficient (Wildman–Crippen LogP) is 1.77. The molecule has 0 saturated heterocycles. The number of carbonyl (C=O) groups excluding carboxylic acids is 4. The first-order valence-electron chi connectivity index (χ1n) is 8.63. The Kier molecular flexibility index (Phi) is 6.70. The van der Waals surface area contributed by atoms with Gasteiger partial charge in [-0.15, -0.1) is 0 Å². The van der Waals surface area contributed by atoms with Gasteiger partial charge in [-0.05, 0) is 45.0 Å². The highest BCUT2D eigenvalue weighted by Crippen LogP contribution is 2.26. The number of carbonyl (C=O) groups is 4. The van der Waals surface area contributed by atoms with Gasteiger partial charge in [0, 0.05) is 17.8 Å². The van der Waals surface area contributed by atoms with Gasteiger partial charge in [0.2, 0.25) is 11.8 Å². The van der Waals surface area contributed by atoms with Crippen molar-refractivity contribution in [3.63, 3.8) is 0 Å². The summed E-state index contributed by atoms with van der Waals surface area (Å²) in [6.07, 6.45) is -0.155. The van der Waals surface area contributed by atoms with Crippen molar-refractivity contribution in [1.29, 1.82) is 0 Å². The molecule has 0 aliphatic carbocycles. The van der Waals surface area contributed by atoms with Crippen LogP contribution in [0.3, 0.4) is 0 Å². The zero-order valence-corrected chi connectivity index (χ0v) is 15.5. The smallest absolute Gasteiger partial charge is 0.338 e. The van der Waals surface area contributed by atoms with Gasteiger partial charge in [-0.1, -0.05) is 0 Å². The van der Waals surface area contributed by atoms with Crippen LogP contribution in [0.5, 0.6) is 0 Å². The van der Waals surface area contributed by atoms with E-state index < -0.39 is 23.8 Å². The third-order valence-corrected chi connectivity index (χ3v) is 3.94. The number of ether oxygens (including phenoxy) is 2. The number of hydrogen-bond donors (Lipinski definition) is 2. The lowest BCUT2D eigenvalue weighted by Gasteiger charge is -2.25. The summed E-state index contributed by atoms with van der Waals surface area (Å²) in [4.78, 5) is 48.4. The fourth-order valence-corrected chi connectivity index (χ4v) is 2.74. The third-order valence-electron chi connectivity index (χ3n) is 3.94. The molecule has 1 aromatic carbocycles. The molecule has 1 atom stereocenters. The van der Waals surface area contributed by atoms with Crippen LogP contribution in [-0.4, -0.2) is 37.0 Å². The lowest BCUT2D eigenvalue weighted by molar-refractivity contribution is -0.141. The maximum Gasteiger partial charge on any atom is 0.338 e. The standard InChI is InChI=1S/C19H22N2O6/c1-4-26-18(24)12-6-8-13(9-7-12)21-17(23)14-10-15(22)20-11(3)16(14)19(25)27-5-2/h6-9,14H,4-5,10H2,1-3H3,(H,20,22)(H,21,23)/t14-/m1/s1. The van der Waals surface area contributed by atoms with E-state index in [1.807, 2.05) is 0 Å². The van der Waals surface area contributed by atoms with Gasteiger partial charge in [-0.25, -0.2) is 9.59 Å². The molecule has 0 bridgehead atoms. The number of esters is 2. The average molecular weight is 374 g/mol. The second-order valence-electron chi connectivity index (χ2n) is 5.85. The van der Waals surface area contributed by atoms with Crippen LogP contribution in [0.25, 0.3) is 0 Å². The van der Waals surface area contributed by atoms with Crippen LogP contribution in [0.4, 0.5) is 5.69 Å². The second-order valence-corrected chi connectivity index (χ2v) is 5.85. The van der Waals surface area contributed by atoms with Crippen LogP contribution in [0, 0.1) is 5.92 Å². The van der Waals surface area contributed by atoms with Crippen LogP contribution in [0.1, 0.15) is 37.6 Å². The molecule has 0 spiro atoms. The van der Waals surface area contributed by atoms with Gasteiger partial charge >= 0.3 is 11.9 Å². The van der Waals surface area contributed by atoms with Gasteiger partial charge in [-0.2, -0.15) is 0 Å². The van der Waals surface area contributed by atoms with Crippen molar-refractivity contribution in [2.45, 2.75) is 27.2 Å². The SMILES string of the molecule is CCOC(=O)C1=C(C)NC(=O)C[C@H]1C(=O)Nc1ccc(C(=O)OCC)cc1. The molecule has 0 radical (unpaired) electrons. The van der Waals surface area contributed by atoms with Gasteiger partial charge in [0.15, 0.2) is 0 Å². The fourth-order valence-electron chi connectivity index (χ4n) is 2.74. The molecule has 0 fully saturated rings. The molecule has 1 aliphatic rings. The summed E-state index contributed by atoms with van der Waals surface area (Å²) in [5.74, 6) is -2.90. The first-order chi connectivity index (χ1) is 12.9. The van der Waals surface area contributed by atoms with Crippen molar-refractivity contribution in [3.8, 4) is 0 Å². The monoisotopic (exact) mass is 374 g/mol. The minimum absolute atomic E-state index is 0.136. The van der Waals surface area contributed by atoms with Crippen LogP contribution in [-0.2, 0) is 23.9 Å². The summed E-state index contributed by atoms with van der Waals surface area (Å²) >= 11 is 0. The molecule has 1 aliphatic heterocycles. The minimum Gasteiger partial charge on any atom is -0.463 e. The van der Waals surface area contributed by atoms with Crippen LogP contribution < -0.4 is 10.6 Å². The Bertz CT molecular complexity index is 782. The zero-order valence-electron chi connectivity index (χ0n) is 15.5. The van der Waals surface area contributed by atoms with Gasteiger partial charge < -0.3 is 20.1 Å². The van der Waals surface area contributed by atoms with Crippen LogP contribution >= 0.6 is 0 Å². The average Bonchev–Trinajstić information content (AvgIpc) is 2.62. The molecular formula is C19H22N2O6. The van der Waals surface area contributed by atoms with E-state index in [2.05, 4.69) is 10.6 Å². The Morgan fingerprint density at radius 1 is 1.07 bits per heavy atom. The number of hydrogen-bond acceptors (Lipinski definition) is 6. The second kappa shape index (κ2) is 8.98. The van der Waals surface area contributed by atoms with Gasteiger partial charge in [-0.3, -0.25) is 9.59 Å². The molecule has 0 saturated carbocycles. The summed E-state index contributed by atoms with van der Waals surface area (Å²) in [5.41, 5.74) is 1.23. The van der Waals surface area contributed by atoms with Crippen molar-refractivity contribution >= 4 is 29.4 Å². The molecule has 2 rings (SSSR count). The van der Waals surface area contributed by atoms with Gasteiger partial charge in [0.05, 0.1) is 30.3 Å². The summed E-state index contributed by atoms with van der Waals surface area (Å²) < 4.78 is 9.91. The maximum atomic E-state index is 12.7. The molecule has 1 heterocycles. The fraction of sp³-hybridized carbons (Fsp3) is 0.368. The van der Waals surface area contributed by atoms with Crippen molar-refractivity contribution in [1.82, 2.24) is 5.32 Å². The Hall–Kier alpha value is -3.16. The lowest BCUT2D eigenvalue weighted by Crippen LogP contribution is -2.40. The third kappa shape index (κ3) is 4.93. The summed E-state index contributed by atoms with van der Waals surface area (Å²) in [5, 5.41) is 5.22. The van der Waals surface area contributed by atoms with E-state index in [4.69, 9.17) is 9.47 Å². The highest BCUT2D eigenvalue weighted by Gasteiger charge is 2.36. The first kappa shape index (κ1) is 20.2. The number of allylic oxidation sites excluding steroid dienone is 1. The molecular weight excluding hydrogens is 352 g/mol. The first-order valence-corrected chi connectivity index (χ1v) is 8.63. The Morgan fingerprint density at radius 2 is 1.67 bits per heavy atom. The molecule has 144 valence electrons. The van der Waals surface area contributed by atoms with Gasteiger partial charge in [0.25, 0.3) is 0 Å². The van der Waals surface area contributed by atoms with Crippen LogP contribution in [0.15, 0.2) is 35.5 Å². The number of anilines is 1. The molecule has 8 heteroatoms. The number of benzene rings is 1. The largest absolute Gasteiger partial charge is 0.463 e. The van der Waals surface area contributed by atoms with Crippen LogP contribution in [0.2, 0.25) is 0 Å². The topological polar surface area (TPSA) is 111 Å². The van der Waals surface area contributed by atoms with E-state index in [-0.39, 0.29) is 31.1 Å². The molecule has 0 unspecified atom stereocenters. The van der Waals surface area contributed by atoms with E-state index in [1.165, 1.54) is 12.1 Å². The van der Waals surface area contributed by atoms with Gasteiger partial charge in [0.1, 0.15) is 0 Å². The number of amides is 2. The minimum atomic E-state index is -0.956. The van der Waals surface area contributed by atoms with E-state index >= 15 is 0 Å². The predicted molar refractivity (Wildman–Crippen MR) is 96.6 cm³/mol. The summed E-state index contributed by atoms with van der Waals surface area (Å²) in [6, 6.07) is 6.14. The molecule has 0 aromatic heterocycles. The van der Waals surface area contributed by atoms with Crippen molar-refractivity contribution in [2.75, 3.05) is 18.5 Å². The van der Waals surface area contributed by atoms with Crippen molar-refractivity contribution in [2.24, 2.45) is 5.92 Å². The molecule has 1 aromatic rings. The zero-order chi connectivity index (χ0) is 20.0. The van der Waals surface area contributed by atoms with E-state index in [0.717, 1.165) is 0 Å². The molecule has 2 amide bonds. The number of nitrogens with one attached hydrogen (secondary N) is 2. The highest BCUT2D eigenvalue weighted by molar-refractivity contribution is 6.06. The molecule has 2 N–H and O–H groups in total. The van der Waals surface area contributed by atoms with Crippen molar-refractivity contribution in [3.05, 3.63) is 41.1 Å². The van der Waals surface area contributed by atoms with E-state index in [9.17, 15) is 19.2 Å². The molecule has 8 nitrogen and oxygen atoms in total. The lowest BCUT2D eigenvalue weighted by atomic mass is 9.89. The highest BCUT2D eigenvalue weighted by atomic mass is 16.5. The quantitative estimate of drug-likeness (QED) is 0.734. The van der Waals surface area contributed by atoms with E-state index in [0.29, 0.717) is 16.9 Å². The Labute approximate surface area is 156 Å². The van der Waals surface area contributed by atoms with E-state index in [1.54, 1.807) is 32.9 Å². The Morgan fingerprint density at radius 3 is 2.26 bits per heavy atom. The number of rotatable bonds is 6. The Balaban J connectivity index is 2.17. The normalized spacial score (nSPS) is 16.4. The maximum absolute atomic E-state index is 12.7. The molecule has 27 heavy (non-hydrogen) atoms. The summed E-state index contributed by atoms with van der Waals surface area (Å²) in [6.45, 7) is 5.35. The van der Waals surface area contributed by atoms with Crippen molar-refractivity contribution < 1.29 is 28.7 Å².